The minimum atomic E-state index is -1.21. The normalized spacial score (nSPS) is 15.1. The van der Waals surface area contributed by atoms with Gasteiger partial charge < -0.3 is 14.9 Å². The number of aromatic hydroxyl groups is 1. The molecule has 1 fully saturated rings. The van der Waals surface area contributed by atoms with Gasteiger partial charge in [-0.1, -0.05) is 72.0 Å². The summed E-state index contributed by atoms with van der Waals surface area (Å²) in [7, 11) is 0. The third kappa shape index (κ3) is 5.63. The lowest BCUT2D eigenvalue weighted by Crippen LogP contribution is -2.45. The molecule has 40 heavy (non-hydrogen) atoms. The van der Waals surface area contributed by atoms with Crippen LogP contribution in [-0.2, 0) is 16.0 Å². The first-order chi connectivity index (χ1) is 19.2. The lowest BCUT2D eigenvalue weighted by Gasteiger charge is -2.23. The summed E-state index contributed by atoms with van der Waals surface area (Å²) in [5, 5.41) is 24.3. The number of nitrogens with zero attached hydrogens (tertiary/aromatic N) is 3. The van der Waals surface area contributed by atoms with E-state index in [0.29, 0.717) is 28.5 Å². The number of aryl methyl sites for hydroxylation is 2. The molecule has 0 saturated carbocycles. The zero-order chi connectivity index (χ0) is 28.4. The SMILES string of the molecule is Cc1ccc(Oc2c(/C=C3\SC(=S)N([C@@H](Cc4ccc(O)cc4)C(=O)O)C3=O)c(C)nn2-c2ccccc2)cc1. The molecular weight excluding hydrogens is 546 g/mol. The number of aromatic nitrogens is 2. The zero-order valence-corrected chi connectivity index (χ0v) is 23.3. The number of carboxylic acid groups (broad SMARTS) is 1. The molecule has 1 atom stereocenters. The van der Waals surface area contributed by atoms with Gasteiger partial charge in [0.2, 0.25) is 5.88 Å². The van der Waals surface area contributed by atoms with E-state index in [-0.39, 0.29) is 21.4 Å². The van der Waals surface area contributed by atoms with Crippen molar-refractivity contribution in [1.29, 1.82) is 0 Å². The fourth-order valence-electron chi connectivity index (χ4n) is 4.27. The molecule has 0 bridgehead atoms. The fourth-order valence-corrected chi connectivity index (χ4v) is 5.61. The second-order valence-corrected chi connectivity index (χ2v) is 10.9. The number of carboxylic acids is 1. The highest BCUT2D eigenvalue weighted by Crippen LogP contribution is 2.38. The van der Waals surface area contributed by atoms with Crippen LogP contribution < -0.4 is 4.74 Å². The van der Waals surface area contributed by atoms with Crippen molar-refractivity contribution in [2.75, 3.05) is 0 Å². The Morgan fingerprint density at radius 1 is 1.05 bits per heavy atom. The predicted octanol–water partition coefficient (Wildman–Crippen LogP) is 5.88. The molecule has 0 unspecified atom stereocenters. The van der Waals surface area contributed by atoms with Gasteiger partial charge in [-0.05, 0) is 61.9 Å². The van der Waals surface area contributed by atoms with Crippen molar-refractivity contribution in [2.45, 2.75) is 26.3 Å². The number of hydrogen-bond donors (Lipinski definition) is 2. The molecule has 1 aliphatic rings. The maximum absolute atomic E-state index is 13.6. The zero-order valence-electron chi connectivity index (χ0n) is 21.6. The predicted molar refractivity (Wildman–Crippen MR) is 158 cm³/mol. The van der Waals surface area contributed by atoms with Crippen LogP contribution in [0.25, 0.3) is 11.8 Å². The molecule has 1 aliphatic heterocycles. The summed E-state index contributed by atoms with van der Waals surface area (Å²) in [4.78, 5) is 27.2. The standard InChI is InChI=1S/C30H25N3O5S2/c1-18-8-14-23(15-9-18)38-28-24(19(2)31-33(28)21-6-4-3-5-7-21)17-26-27(35)32(30(39)40-26)25(29(36)37)16-20-10-12-22(34)13-11-20/h3-15,17,25,34H,16H2,1-2H3,(H,36,37)/b26-17-/t25-/m0/s1. The van der Waals surface area contributed by atoms with Crippen LogP contribution in [0, 0.1) is 13.8 Å². The summed E-state index contributed by atoms with van der Waals surface area (Å²) in [6.45, 7) is 3.81. The van der Waals surface area contributed by atoms with Crippen LogP contribution in [0.4, 0.5) is 0 Å². The van der Waals surface area contributed by atoms with Crippen LogP contribution in [0.3, 0.4) is 0 Å². The first-order valence-electron chi connectivity index (χ1n) is 12.4. The Labute approximate surface area is 240 Å². The molecular formula is C30H25N3O5S2. The molecule has 2 N–H and O–H groups in total. The smallest absolute Gasteiger partial charge is 0.327 e. The van der Waals surface area contributed by atoms with Crippen LogP contribution in [0.1, 0.15) is 22.4 Å². The lowest BCUT2D eigenvalue weighted by molar-refractivity contribution is -0.145. The Morgan fingerprint density at radius 2 is 1.73 bits per heavy atom. The highest BCUT2D eigenvalue weighted by atomic mass is 32.2. The maximum Gasteiger partial charge on any atom is 0.327 e. The van der Waals surface area contributed by atoms with E-state index in [1.165, 1.54) is 12.1 Å². The van der Waals surface area contributed by atoms with Crippen LogP contribution in [0.15, 0.2) is 83.8 Å². The largest absolute Gasteiger partial charge is 0.508 e. The number of thioether (sulfide) groups is 1. The molecule has 0 radical (unpaired) electrons. The number of rotatable bonds is 8. The van der Waals surface area contributed by atoms with Crippen LogP contribution in [0.2, 0.25) is 0 Å². The Bertz CT molecular complexity index is 1610. The number of amides is 1. The van der Waals surface area contributed by atoms with E-state index in [0.717, 1.165) is 27.9 Å². The van der Waals surface area contributed by atoms with Crippen molar-refractivity contribution in [3.63, 3.8) is 0 Å². The molecule has 1 aromatic heterocycles. The van der Waals surface area contributed by atoms with Crippen molar-refractivity contribution >= 4 is 46.3 Å². The molecule has 2 heterocycles. The summed E-state index contributed by atoms with van der Waals surface area (Å²) in [6, 6.07) is 22.1. The second-order valence-electron chi connectivity index (χ2n) is 9.24. The summed E-state index contributed by atoms with van der Waals surface area (Å²) in [5.74, 6) is -0.600. The molecule has 0 spiro atoms. The number of aliphatic carboxylic acids is 1. The second kappa shape index (κ2) is 11.4. The number of thiocarbonyl (C=S) groups is 1. The Hall–Kier alpha value is -4.41. The van der Waals surface area contributed by atoms with Crippen LogP contribution in [-0.4, -0.2) is 47.1 Å². The highest BCUT2D eigenvalue weighted by Gasteiger charge is 2.41. The lowest BCUT2D eigenvalue weighted by atomic mass is 10.0. The number of benzene rings is 3. The van der Waals surface area contributed by atoms with E-state index in [9.17, 15) is 19.8 Å². The Kier molecular flexibility index (Phi) is 7.72. The minimum Gasteiger partial charge on any atom is -0.508 e. The molecule has 5 rings (SSSR count). The van der Waals surface area contributed by atoms with Crippen molar-refractivity contribution in [2.24, 2.45) is 0 Å². The fraction of sp³-hybridized carbons (Fsp3) is 0.133. The molecule has 3 aromatic carbocycles. The molecule has 8 nitrogen and oxygen atoms in total. The molecule has 1 amide bonds. The van der Waals surface area contributed by atoms with Gasteiger partial charge in [0.05, 0.1) is 21.8 Å². The molecule has 10 heteroatoms. The van der Waals surface area contributed by atoms with Gasteiger partial charge in [-0.2, -0.15) is 9.78 Å². The number of ether oxygens (including phenoxy) is 1. The van der Waals surface area contributed by atoms with Crippen molar-refractivity contribution in [3.05, 3.63) is 106 Å². The average Bonchev–Trinajstić information content (AvgIpc) is 3.39. The molecule has 0 aliphatic carbocycles. The molecule has 1 saturated heterocycles. The van der Waals surface area contributed by atoms with E-state index in [4.69, 9.17) is 22.1 Å². The summed E-state index contributed by atoms with van der Waals surface area (Å²) < 4.78 is 8.14. The van der Waals surface area contributed by atoms with Crippen LogP contribution >= 0.6 is 24.0 Å². The van der Waals surface area contributed by atoms with Gasteiger partial charge in [0.15, 0.2) is 0 Å². The number of hydrogen-bond acceptors (Lipinski definition) is 7. The van der Waals surface area contributed by atoms with Gasteiger partial charge in [-0.3, -0.25) is 9.69 Å². The summed E-state index contributed by atoms with van der Waals surface area (Å²) >= 11 is 6.52. The van der Waals surface area contributed by atoms with Crippen molar-refractivity contribution in [3.8, 4) is 23.1 Å². The number of phenolic OH excluding ortho intramolecular Hbond substituents is 1. The van der Waals surface area contributed by atoms with Gasteiger partial charge in [-0.15, -0.1) is 0 Å². The first kappa shape index (κ1) is 27.2. The topological polar surface area (TPSA) is 105 Å². The third-order valence-corrected chi connectivity index (χ3v) is 7.69. The number of para-hydroxylation sites is 1. The maximum atomic E-state index is 13.6. The Morgan fingerprint density at radius 3 is 2.38 bits per heavy atom. The van der Waals surface area contributed by atoms with Crippen molar-refractivity contribution in [1.82, 2.24) is 14.7 Å². The van der Waals surface area contributed by atoms with E-state index >= 15 is 0 Å². The van der Waals surface area contributed by atoms with Gasteiger partial charge in [0.25, 0.3) is 5.91 Å². The monoisotopic (exact) mass is 571 g/mol. The molecule has 202 valence electrons. The van der Waals surface area contributed by atoms with E-state index in [1.807, 2.05) is 68.4 Å². The molecule has 4 aromatic rings. The summed E-state index contributed by atoms with van der Waals surface area (Å²) in [5.41, 5.74) is 3.71. The summed E-state index contributed by atoms with van der Waals surface area (Å²) in [6.07, 6.45) is 1.69. The third-order valence-electron chi connectivity index (χ3n) is 6.36. The average molecular weight is 572 g/mol. The number of carbonyl (C=O) groups is 2. The quantitative estimate of drug-likeness (QED) is 0.199. The first-order valence-corrected chi connectivity index (χ1v) is 13.6. The number of carbonyl (C=O) groups excluding carboxylic acids is 1. The van der Waals surface area contributed by atoms with Crippen molar-refractivity contribution < 1.29 is 24.5 Å². The van der Waals surface area contributed by atoms with E-state index < -0.39 is 17.9 Å². The number of phenols is 1. The Balaban J connectivity index is 1.52. The van der Waals surface area contributed by atoms with E-state index in [2.05, 4.69) is 0 Å². The highest BCUT2D eigenvalue weighted by molar-refractivity contribution is 8.26. The van der Waals surface area contributed by atoms with E-state index in [1.54, 1.807) is 22.9 Å². The van der Waals surface area contributed by atoms with Gasteiger partial charge in [-0.25, -0.2) is 4.79 Å². The minimum absolute atomic E-state index is 0.0298. The van der Waals surface area contributed by atoms with Gasteiger partial charge >= 0.3 is 5.97 Å². The van der Waals surface area contributed by atoms with Crippen LogP contribution in [0.5, 0.6) is 17.4 Å². The van der Waals surface area contributed by atoms with Gasteiger partial charge in [0, 0.05) is 6.42 Å². The van der Waals surface area contributed by atoms with Gasteiger partial charge in [0.1, 0.15) is 21.9 Å².